The minimum atomic E-state index is -2.23. The van der Waals surface area contributed by atoms with Crippen molar-refractivity contribution in [2.45, 2.75) is 33.9 Å². The number of anilines is 1. The molecule has 2 heterocycles. The maximum Gasteiger partial charge on any atom is 0.230 e. The Labute approximate surface area is 178 Å². The van der Waals surface area contributed by atoms with Gasteiger partial charge in [-0.05, 0) is 13.8 Å². The summed E-state index contributed by atoms with van der Waals surface area (Å²) in [6.07, 6.45) is 1.24. The lowest BCUT2D eigenvalue weighted by Gasteiger charge is -2.12. The van der Waals surface area contributed by atoms with Crippen LogP contribution in [0.1, 0.15) is 23.9 Å². The van der Waals surface area contributed by atoms with E-state index in [-0.39, 0.29) is 12.4 Å². The van der Waals surface area contributed by atoms with Crippen molar-refractivity contribution in [2.24, 2.45) is 5.92 Å². The SMILES string of the molecule is Cc1nn(CC(C)C(=O)Nc2ccn(Cc3c(F)c(F)c(F)c(F)c3F)n2)c(C)c1Cl. The molecule has 2 aromatic heterocycles. The summed E-state index contributed by atoms with van der Waals surface area (Å²) in [4.78, 5) is 12.4. The standard InChI is InChI=1S/C19H17ClF5N5O/c1-8(6-30-10(3)13(20)9(2)27-30)19(31)26-12-4-5-29(28-12)7-11-14(21)16(23)18(25)17(24)15(11)22/h4-5,8H,6-7H2,1-3H3,(H,26,28,31). The van der Waals surface area contributed by atoms with Crippen LogP contribution in [0.5, 0.6) is 0 Å². The molecule has 0 spiro atoms. The lowest BCUT2D eigenvalue weighted by atomic mass is 10.1. The Balaban J connectivity index is 1.70. The summed E-state index contributed by atoms with van der Waals surface area (Å²) in [7, 11) is 0. The van der Waals surface area contributed by atoms with E-state index < -0.39 is 53.0 Å². The third kappa shape index (κ3) is 4.41. The fourth-order valence-corrected chi connectivity index (χ4v) is 3.05. The van der Waals surface area contributed by atoms with Crippen molar-refractivity contribution >= 4 is 23.3 Å². The Bertz CT molecular complexity index is 1130. The molecular formula is C19H17ClF5N5O. The highest BCUT2D eigenvalue weighted by Crippen LogP contribution is 2.24. The molecule has 1 atom stereocenters. The molecule has 1 aromatic carbocycles. The van der Waals surface area contributed by atoms with Crippen LogP contribution >= 0.6 is 11.6 Å². The van der Waals surface area contributed by atoms with Crippen molar-refractivity contribution in [1.82, 2.24) is 19.6 Å². The van der Waals surface area contributed by atoms with Gasteiger partial charge in [0.2, 0.25) is 11.7 Å². The Morgan fingerprint density at radius 1 is 1.06 bits per heavy atom. The van der Waals surface area contributed by atoms with Gasteiger partial charge in [0, 0.05) is 12.3 Å². The molecule has 1 amide bonds. The number of rotatable bonds is 6. The van der Waals surface area contributed by atoms with Crippen LogP contribution in [0.25, 0.3) is 0 Å². The number of carbonyl (C=O) groups is 1. The van der Waals surface area contributed by atoms with E-state index in [1.807, 2.05) is 0 Å². The van der Waals surface area contributed by atoms with Gasteiger partial charge in [-0.1, -0.05) is 18.5 Å². The van der Waals surface area contributed by atoms with Crippen molar-refractivity contribution in [2.75, 3.05) is 5.32 Å². The van der Waals surface area contributed by atoms with Gasteiger partial charge in [0.15, 0.2) is 29.1 Å². The topological polar surface area (TPSA) is 64.7 Å². The molecule has 1 N–H and O–H groups in total. The lowest BCUT2D eigenvalue weighted by molar-refractivity contribution is -0.119. The molecule has 31 heavy (non-hydrogen) atoms. The highest BCUT2D eigenvalue weighted by Gasteiger charge is 2.26. The number of benzene rings is 1. The van der Waals surface area contributed by atoms with Crippen LogP contribution < -0.4 is 5.32 Å². The van der Waals surface area contributed by atoms with Gasteiger partial charge in [-0.15, -0.1) is 0 Å². The third-order valence-electron chi connectivity index (χ3n) is 4.70. The summed E-state index contributed by atoms with van der Waals surface area (Å²) in [6, 6.07) is 1.33. The summed E-state index contributed by atoms with van der Waals surface area (Å²) < 4.78 is 70.0. The zero-order chi connectivity index (χ0) is 23.0. The van der Waals surface area contributed by atoms with Gasteiger partial charge >= 0.3 is 0 Å². The molecule has 0 fully saturated rings. The summed E-state index contributed by atoms with van der Waals surface area (Å²) in [5, 5.41) is 11.2. The van der Waals surface area contributed by atoms with Crippen molar-refractivity contribution < 1.29 is 26.7 Å². The zero-order valence-corrected chi connectivity index (χ0v) is 17.4. The predicted molar refractivity (Wildman–Crippen MR) is 102 cm³/mol. The molecule has 0 saturated carbocycles. The normalized spacial score (nSPS) is 12.3. The number of aromatic nitrogens is 4. The Kier molecular flexibility index (Phi) is 6.35. The van der Waals surface area contributed by atoms with Crippen molar-refractivity contribution in [1.29, 1.82) is 0 Å². The first-order valence-corrected chi connectivity index (χ1v) is 9.43. The van der Waals surface area contributed by atoms with E-state index in [9.17, 15) is 26.7 Å². The van der Waals surface area contributed by atoms with Crippen LogP contribution in [0.15, 0.2) is 12.3 Å². The van der Waals surface area contributed by atoms with Gasteiger partial charge in [0.25, 0.3) is 0 Å². The first-order chi connectivity index (χ1) is 14.5. The fraction of sp³-hybridized carbons (Fsp3) is 0.316. The van der Waals surface area contributed by atoms with E-state index in [4.69, 9.17) is 11.6 Å². The molecule has 0 aliphatic heterocycles. The van der Waals surface area contributed by atoms with Crippen LogP contribution in [-0.2, 0) is 17.9 Å². The minimum Gasteiger partial charge on any atom is -0.309 e. The van der Waals surface area contributed by atoms with Gasteiger partial charge in [-0.25, -0.2) is 22.0 Å². The number of amides is 1. The van der Waals surface area contributed by atoms with Gasteiger partial charge in [-0.3, -0.25) is 14.2 Å². The number of nitrogens with zero attached hydrogens (tertiary/aromatic N) is 4. The summed E-state index contributed by atoms with van der Waals surface area (Å²) >= 11 is 6.09. The van der Waals surface area contributed by atoms with Crippen LogP contribution in [0.2, 0.25) is 5.02 Å². The number of hydrogen-bond acceptors (Lipinski definition) is 3. The van der Waals surface area contributed by atoms with Gasteiger partial charge < -0.3 is 5.32 Å². The largest absolute Gasteiger partial charge is 0.309 e. The van der Waals surface area contributed by atoms with Crippen LogP contribution in [0.4, 0.5) is 27.8 Å². The van der Waals surface area contributed by atoms with Gasteiger partial charge in [-0.2, -0.15) is 10.2 Å². The first kappa shape index (κ1) is 22.7. The lowest BCUT2D eigenvalue weighted by Crippen LogP contribution is -2.25. The highest BCUT2D eigenvalue weighted by atomic mass is 35.5. The fourth-order valence-electron chi connectivity index (χ4n) is 2.91. The second-order valence-corrected chi connectivity index (χ2v) is 7.38. The average Bonchev–Trinajstić information content (AvgIpc) is 3.27. The molecule has 3 aromatic rings. The monoisotopic (exact) mass is 461 g/mol. The molecular weight excluding hydrogens is 445 g/mol. The second-order valence-electron chi connectivity index (χ2n) is 7.00. The maximum absolute atomic E-state index is 13.8. The molecule has 166 valence electrons. The predicted octanol–water partition coefficient (Wildman–Crippen LogP) is 4.37. The van der Waals surface area contributed by atoms with E-state index in [0.29, 0.717) is 16.4 Å². The van der Waals surface area contributed by atoms with Crippen molar-refractivity contribution in [3.63, 3.8) is 0 Å². The molecule has 6 nitrogen and oxygen atoms in total. The second kappa shape index (κ2) is 8.66. The first-order valence-electron chi connectivity index (χ1n) is 9.05. The Morgan fingerprint density at radius 2 is 1.65 bits per heavy atom. The van der Waals surface area contributed by atoms with Gasteiger partial charge in [0.05, 0.1) is 41.0 Å². The molecule has 0 radical (unpaired) electrons. The Hall–Kier alpha value is -2.95. The van der Waals surface area contributed by atoms with Crippen molar-refractivity contribution in [3.8, 4) is 0 Å². The quantitative estimate of drug-likeness (QED) is 0.337. The Morgan fingerprint density at radius 3 is 2.19 bits per heavy atom. The van der Waals surface area contributed by atoms with E-state index in [1.165, 1.54) is 12.3 Å². The maximum atomic E-state index is 13.8. The molecule has 12 heteroatoms. The van der Waals surface area contributed by atoms with E-state index in [0.717, 1.165) is 4.68 Å². The molecule has 3 rings (SSSR count). The third-order valence-corrected chi connectivity index (χ3v) is 5.25. The molecule has 1 unspecified atom stereocenters. The van der Waals surface area contributed by atoms with Crippen LogP contribution in [0, 0.1) is 48.9 Å². The highest BCUT2D eigenvalue weighted by molar-refractivity contribution is 6.31. The van der Waals surface area contributed by atoms with Crippen molar-refractivity contribution in [3.05, 3.63) is 63.3 Å². The summed E-state index contributed by atoms with van der Waals surface area (Å²) in [6.45, 7) is 4.70. The average molecular weight is 462 g/mol. The number of nitrogens with one attached hydrogen (secondary N) is 1. The van der Waals surface area contributed by atoms with Crippen LogP contribution in [0.3, 0.4) is 0 Å². The number of carbonyl (C=O) groups excluding carboxylic acids is 1. The van der Waals surface area contributed by atoms with E-state index in [2.05, 4.69) is 15.5 Å². The number of hydrogen-bond donors (Lipinski definition) is 1. The molecule has 0 bridgehead atoms. The van der Waals surface area contributed by atoms with E-state index in [1.54, 1.807) is 25.5 Å². The number of aryl methyl sites for hydroxylation is 1. The smallest absolute Gasteiger partial charge is 0.230 e. The van der Waals surface area contributed by atoms with E-state index >= 15 is 0 Å². The summed E-state index contributed by atoms with van der Waals surface area (Å²) in [5.41, 5.74) is 0.316. The number of halogens is 6. The van der Waals surface area contributed by atoms with Crippen LogP contribution in [-0.4, -0.2) is 25.5 Å². The summed E-state index contributed by atoms with van der Waals surface area (Å²) in [5.74, 6) is -11.1. The molecule has 0 aliphatic carbocycles. The molecule has 0 aliphatic rings. The minimum absolute atomic E-state index is 0.0483. The zero-order valence-electron chi connectivity index (χ0n) is 16.6. The van der Waals surface area contributed by atoms with Gasteiger partial charge in [0.1, 0.15) is 0 Å². The molecule has 0 saturated heterocycles.